The maximum atomic E-state index is 5.20. The molecule has 0 aliphatic rings. The van der Waals surface area contributed by atoms with Crippen LogP contribution in [0.15, 0.2) is 56.0 Å². The van der Waals surface area contributed by atoms with Crippen LogP contribution in [-0.4, -0.2) is 15.0 Å². The molecule has 3 heterocycles. The Morgan fingerprint density at radius 1 is 1.18 bits per heavy atom. The van der Waals surface area contributed by atoms with E-state index in [-0.39, 0.29) is 0 Å². The van der Waals surface area contributed by atoms with Crippen molar-refractivity contribution < 1.29 is 4.42 Å². The Labute approximate surface area is 110 Å². The van der Waals surface area contributed by atoms with E-state index in [1.165, 1.54) is 11.8 Å². The summed E-state index contributed by atoms with van der Waals surface area (Å²) < 4.78 is 6.12. The van der Waals surface area contributed by atoms with Crippen molar-refractivity contribution in [2.24, 2.45) is 0 Å². The van der Waals surface area contributed by atoms with Crippen LogP contribution < -0.4 is 0 Å². The Morgan fingerprint density at radius 2 is 2.12 bits per heavy atom. The maximum absolute atomic E-state index is 5.20. The van der Waals surface area contributed by atoms with E-state index in [0.717, 1.165) is 20.4 Å². The van der Waals surface area contributed by atoms with Crippen molar-refractivity contribution in [3.63, 3.8) is 0 Å². The lowest BCUT2D eigenvalue weighted by Crippen LogP contribution is -1.86. The van der Waals surface area contributed by atoms with Gasteiger partial charge in [0.15, 0.2) is 0 Å². The molecule has 6 heteroatoms. The number of aromatic nitrogens is 3. The SMILES string of the molecule is Brc1cnc2c(Sc3ncco3)ccnc2c1. The topological polar surface area (TPSA) is 51.8 Å². The summed E-state index contributed by atoms with van der Waals surface area (Å²) in [5.41, 5.74) is 1.69. The molecule has 0 bridgehead atoms. The van der Waals surface area contributed by atoms with Crippen LogP contribution >= 0.6 is 27.7 Å². The summed E-state index contributed by atoms with van der Waals surface area (Å²) in [6.07, 6.45) is 6.68. The summed E-state index contributed by atoms with van der Waals surface area (Å²) in [6, 6.07) is 3.83. The molecule has 3 aromatic heterocycles. The minimum absolute atomic E-state index is 0.599. The van der Waals surface area contributed by atoms with E-state index in [4.69, 9.17) is 4.42 Å². The van der Waals surface area contributed by atoms with Crippen LogP contribution in [-0.2, 0) is 0 Å². The van der Waals surface area contributed by atoms with Gasteiger partial charge in [-0.25, -0.2) is 4.98 Å². The largest absolute Gasteiger partial charge is 0.440 e. The van der Waals surface area contributed by atoms with Gasteiger partial charge in [-0.2, -0.15) is 0 Å². The molecular formula is C11H6BrN3OS. The van der Waals surface area contributed by atoms with E-state index >= 15 is 0 Å². The van der Waals surface area contributed by atoms with Gasteiger partial charge in [-0.1, -0.05) is 0 Å². The summed E-state index contributed by atoms with van der Waals surface area (Å²) in [5.74, 6) is 0. The van der Waals surface area contributed by atoms with Crippen molar-refractivity contribution in [3.05, 3.63) is 41.5 Å². The first-order valence-corrected chi connectivity index (χ1v) is 6.41. The third-order valence-corrected chi connectivity index (χ3v) is 3.47. The summed E-state index contributed by atoms with van der Waals surface area (Å²) in [6.45, 7) is 0. The van der Waals surface area contributed by atoms with Crippen molar-refractivity contribution in [1.82, 2.24) is 15.0 Å². The highest BCUT2D eigenvalue weighted by molar-refractivity contribution is 9.10. The van der Waals surface area contributed by atoms with Crippen LogP contribution in [0.2, 0.25) is 0 Å². The van der Waals surface area contributed by atoms with Gasteiger partial charge >= 0.3 is 0 Å². The van der Waals surface area contributed by atoms with Gasteiger partial charge in [0, 0.05) is 21.8 Å². The predicted octanol–water partition coefficient (Wildman–Crippen LogP) is 3.53. The van der Waals surface area contributed by atoms with Crippen LogP contribution in [0.3, 0.4) is 0 Å². The zero-order valence-corrected chi connectivity index (χ0v) is 10.9. The van der Waals surface area contributed by atoms with Crippen molar-refractivity contribution in [2.75, 3.05) is 0 Å². The predicted molar refractivity (Wildman–Crippen MR) is 67.9 cm³/mol. The first kappa shape index (κ1) is 10.7. The van der Waals surface area contributed by atoms with Gasteiger partial charge < -0.3 is 4.42 Å². The zero-order valence-electron chi connectivity index (χ0n) is 8.50. The Balaban J connectivity index is 2.10. The molecule has 84 valence electrons. The number of halogens is 1. The molecule has 17 heavy (non-hydrogen) atoms. The Bertz CT molecular complexity index is 657. The number of nitrogens with zero attached hydrogens (tertiary/aromatic N) is 3. The molecule has 0 aliphatic carbocycles. The summed E-state index contributed by atoms with van der Waals surface area (Å²) in [5, 5.41) is 0.599. The molecule has 0 atom stereocenters. The Kier molecular flexibility index (Phi) is 2.82. The van der Waals surface area contributed by atoms with Crippen molar-refractivity contribution in [1.29, 1.82) is 0 Å². The Hall–Kier alpha value is -1.40. The average Bonchev–Trinajstić information content (AvgIpc) is 2.82. The molecule has 0 amide bonds. The van der Waals surface area contributed by atoms with E-state index in [9.17, 15) is 0 Å². The second kappa shape index (κ2) is 4.46. The molecule has 4 nitrogen and oxygen atoms in total. The first-order valence-electron chi connectivity index (χ1n) is 4.80. The number of rotatable bonds is 2. The van der Waals surface area contributed by atoms with Crippen LogP contribution in [0, 0.1) is 0 Å². The fourth-order valence-corrected chi connectivity index (χ4v) is 2.53. The lowest BCUT2D eigenvalue weighted by atomic mass is 10.3. The molecular weight excluding hydrogens is 302 g/mol. The summed E-state index contributed by atoms with van der Waals surface area (Å²) >= 11 is 4.81. The Morgan fingerprint density at radius 3 is 2.94 bits per heavy atom. The van der Waals surface area contributed by atoms with Gasteiger partial charge in [0.05, 0.1) is 11.7 Å². The number of pyridine rings is 2. The van der Waals surface area contributed by atoms with Crippen molar-refractivity contribution >= 4 is 38.7 Å². The van der Waals surface area contributed by atoms with Gasteiger partial charge in [0.1, 0.15) is 11.8 Å². The van der Waals surface area contributed by atoms with E-state index in [1.54, 1.807) is 24.9 Å². The second-order valence-corrected chi connectivity index (χ2v) is 5.14. The lowest BCUT2D eigenvalue weighted by molar-refractivity contribution is 0.454. The fourth-order valence-electron chi connectivity index (χ4n) is 1.42. The van der Waals surface area contributed by atoms with E-state index in [0.29, 0.717) is 5.22 Å². The van der Waals surface area contributed by atoms with Gasteiger partial charge in [-0.05, 0) is 39.8 Å². The molecule has 0 saturated heterocycles. The molecule has 3 aromatic rings. The van der Waals surface area contributed by atoms with Crippen molar-refractivity contribution in [2.45, 2.75) is 10.1 Å². The lowest BCUT2D eigenvalue weighted by Gasteiger charge is -2.02. The summed E-state index contributed by atoms with van der Waals surface area (Å²) in [7, 11) is 0. The number of fused-ring (bicyclic) bond motifs is 1. The van der Waals surface area contributed by atoms with Crippen molar-refractivity contribution in [3.8, 4) is 0 Å². The molecule has 0 unspecified atom stereocenters. The van der Waals surface area contributed by atoms with E-state index < -0.39 is 0 Å². The maximum Gasteiger partial charge on any atom is 0.260 e. The monoisotopic (exact) mass is 307 g/mol. The molecule has 0 fully saturated rings. The number of oxazole rings is 1. The highest BCUT2D eigenvalue weighted by atomic mass is 79.9. The van der Waals surface area contributed by atoms with Crippen LogP contribution in [0.25, 0.3) is 11.0 Å². The van der Waals surface area contributed by atoms with Crippen LogP contribution in [0.5, 0.6) is 0 Å². The van der Waals surface area contributed by atoms with Gasteiger partial charge in [-0.15, -0.1) is 0 Å². The van der Waals surface area contributed by atoms with E-state index in [1.807, 2.05) is 12.1 Å². The van der Waals surface area contributed by atoms with Crippen LogP contribution in [0.4, 0.5) is 0 Å². The fraction of sp³-hybridized carbons (Fsp3) is 0. The van der Waals surface area contributed by atoms with Gasteiger partial charge in [0.2, 0.25) is 0 Å². The normalized spacial score (nSPS) is 10.9. The number of hydrogen-bond donors (Lipinski definition) is 0. The molecule has 0 N–H and O–H groups in total. The number of hydrogen-bond acceptors (Lipinski definition) is 5. The third-order valence-electron chi connectivity index (χ3n) is 2.11. The van der Waals surface area contributed by atoms with Crippen LogP contribution in [0.1, 0.15) is 0 Å². The van der Waals surface area contributed by atoms with Gasteiger partial charge in [-0.3, -0.25) is 9.97 Å². The molecule has 0 aromatic carbocycles. The molecule has 0 saturated carbocycles. The molecule has 0 spiro atoms. The van der Waals surface area contributed by atoms with E-state index in [2.05, 4.69) is 30.9 Å². The minimum atomic E-state index is 0.599. The standard InChI is InChI=1S/C11H6BrN3OS/c12-7-5-8-10(15-6-7)9(1-2-13-8)17-11-14-3-4-16-11/h1-6H. The minimum Gasteiger partial charge on any atom is -0.440 e. The smallest absolute Gasteiger partial charge is 0.260 e. The molecule has 0 radical (unpaired) electrons. The second-order valence-electron chi connectivity index (χ2n) is 3.23. The third kappa shape index (κ3) is 2.18. The van der Waals surface area contributed by atoms with Gasteiger partial charge in [0.25, 0.3) is 5.22 Å². The molecule has 0 aliphatic heterocycles. The molecule has 3 rings (SSSR count). The zero-order chi connectivity index (χ0) is 11.7. The summed E-state index contributed by atoms with van der Waals surface area (Å²) in [4.78, 5) is 13.7. The average molecular weight is 308 g/mol. The quantitative estimate of drug-likeness (QED) is 0.725. The highest BCUT2D eigenvalue weighted by Gasteiger charge is 2.08. The first-order chi connectivity index (χ1) is 8.33. The highest BCUT2D eigenvalue weighted by Crippen LogP contribution is 2.31.